The van der Waals surface area contributed by atoms with Crippen LogP contribution in [-0.4, -0.2) is 61.1 Å². The lowest BCUT2D eigenvalue weighted by molar-refractivity contribution is -0.149. The highest BCUT2D eigenvalue weighted by Crippen LogP contribution is 2.18. The molecule has 0 spiro atoms. The number of carboxylic acids is 1. The predicted octanol–water partition coefficient (Wildman–Crippen LogP) is 5.21. The van der Waals surface area contributed by atoms with Crippen LogP contribution in [0.4, 0.5) is 9.18 Å². The molecule has 0 aliphatic heterocycles. The molecular formula is C29H32FNO7. The standard InChI is InChI=1S/C29H32FNO7/c1-2-35-27(28(32)33)21-22-13-15-24(16-14-22)37-20-18-31(17-8-19-36-23-9-4-3-5-10-23)29(34)38-26-12-7-6-11-25(26)30/h3-7,9-16,27H,2,8,17-21H2,1H3,(H,32,33). The van der Waals surface area contributed by atoms with Crippen LogP contribution >= 0.6 is 0 Å². The van der Waals surface area contributed by atoms with Crippen LogP contribution in [-0.2, 0) is 16.0 Å². The molecule has 1 amide bonds. The normalized spacial score (nSPS) is 11.4. The first-order chi connectivity index (χ1) is 18.5. The van der Waals surface area contributed by atoms with Crippen molar-refractivity contribution in [3.8, 4) is 17.2 Å². The van der Waals surface area contributed by atoms with Gasteiger partial charge in [-0.3, -0.25) is 0 Å². The minimum atomic E-state index is -1.01. The van der Waals surface area contributed by atoms with Gasteiger partial charge in [0.1, 0.15) is 18.1 Å². The Kier molecular flexibility index (Phi) is 11.4. The Hall–Kier alpha value is -4.11. The summed E-state index contributed by atoms with van der Waals surface area (Å²) in [6.45, 7) is 3.13. The fourth-order valence-electron chi connectivity index (χ4n) is 3.57. The van der Waals surface area contributed by atoms with E-state index < -0.39 is 24.0 Å². The molecule has 1 N–H and O–H groups in total. The van der Waals surface area contributed by atoms with E-state index >= 15 is 0 Å². The lowest BCUT2D eigenvalue weighted by atomic mass is 10.1. The number of benzene rings is 3. The maximum Gasteiger partial charge on any atom is 0.415 e. The van der Waals surface area contributed by atoms with E-state index in [4.69, 9.17) is 18.9 Å². The second-order valence-electron chi connectivity index (χ2n) is 8.28. The zero-order valence-electron chi connectivity index (χ0n) is 21.3. The van der Waals surface area contributed by atoms with Crippen molar-refractivity contribution in [2.75, 3.05) is 32.9 Å². The molecule has 9 heteroatoms. The SMILES string of the molecule is CCOC(Cc1ccc(OCCN(CCCOc2ccccc2)C(=O)Oc2ccccc2F)cc1)C(=O)O. The van der Waals surface area contributed by atoms with Gasteiger partial charge in [0.25, 0.3) is 0 Å². The number of aliphatic carboxylic acids is 1. The number of carbonyl (C=O) groups is 2. The van der Waals surface area contributed by atoms with Crippen LogP contribution in [0.1, 0.15) is 18.9 Å². The number of rotatable bonds is 15. The summed E-state index contributed by atoms with van der Waals surface area (Å²) in [5.41, 5.74) is 0.798. The smallest absolute Gasteiger partial charge is 0.415 e. The summed E-state index contributed by atoms with van der Waals surface area (Å²) in [5, 5.41) is 9.26. The highest BCUT2D eigenvalue weighted by Gasteiger charge is 2.19. The summed E-state index contributed by atoms with van der Waals surface area (Å²) in [4.78, 5) is 25.5. The van der Waals surface area contributed by atoms with Crippen molar-refractivity contribution in [2.45, 2.75) is 25.9 Å². The first-order valence-electron chi connectivity index (χ1n) is 12.4. The quantitative estimate of drug-likeness (QED) is 0.272. The number of carbonyl (C=O) groups excluding carboxylic acids is 1. The van der Waals surface area contributed by atoms with Crippen LogP contribution in [0.5, 0.6) is 17.2 Å². The van der Waals surface area contributed by atoms with Crippen molar-refractivity contribution in [3.05, 3.63) is 90.2 Å². The first-order valence-corrected chi connectivity index (χ1v) is 12.4. The Balaban J connectivity index is 1.54. The van der Waals surface area contributed by atoms with Crippen molar-refractivity contribution in [2.24, 2.45) is 0 Å². The molecule has 3 rings (SSSR count). The van der Waals surface area contributed by atoms with Gasteiger partial charge in [0.15, 0.2) is 17.7 Å². The van der Waals surface area contributed by atoms with E-state index in [1.807, 2.05) is 30.3 Å². The summed E-state index contributed by atoms with van der Waals surface area (Å²) < 4.78 is 36.0. The Morgan fingerprint density at radius 3 is 2.21 bits per heavy atom. The molecule has 0 heterocycles. The maximum absolute atomic E-state index is 14.0. The molecule has 0 fully saturated rings. The Morgan fingerprint density at radius 1 is 0.868 bits per heavy atom. The molecule has 0 radical (unpaired) electrons. The van der Waals surface area contributed by atoms with E-state index in [2.05, 4.69) is 0 Å². The highest BCUT2D eigenvalue weighted by molar-refractivity contribution is 5.72. The lowest BCUT2D eigenvalue weighted by Crippen LogP contribution is -2.38. The molecule has 38 heavy (non-hydrogen) atoms. The number of hydrogen-bond donors (Lipinski definition) is 1. The summed E-state index contributed by atoms with van der Waals surface area (Å²) in [6, 6.07) is 22.1. The molecule has 0 aliphatic rings. The molecule has 0 saturated heterocycles. The minimum Gasteiger partial charge on any atom is -0.494 e. The Morgan fingerprint density at radius 2 is 1.53 bits per heavy atom. The third-order valence-corrected chi connectivity index (χ3v) is 5.49. The van der Waals surface area contributed by atoms with Crippen molar-refractivity contribution in [1.29, 1.82) is 0 Å². The van der Waals surface area contributed by atoms with Crippen LogP contribution in [0, 0.1) is 5.82 Å². The van der Waals surface area contributed by atoms with Crippen LogP contribution in [0.2, 0.25) is 0 Å². The van der Waals surface area contributed by atoms with Crippen molar-refractivity contribution >= 4 is 12.1 Å². The van der Waals surface area contributed by atoms with Crippen LogP contribution in [0.15, 0.2) is 78.9 Å². The second-order valence-corrected chi connectivity index (χ2v) is 8.28. The molecule has 0 aliphatic carbocycles. The van der Waals surface area contributed by atoms with E-state index in [1.54, 1.807) is 37.3 Å². The zero-order chi connectivity index (χ0) is 27.2. The van der Waals surface area contributed by atoms with Gasteiger partial charge in [-0.2, -0.15) is 0 Å². The number of carboxylic acid groups (broad SMARTS) is 1. The first kappa shape index (κ1) is 28.5. The second kappa shape index (κ2) is 15.2. The van der Waals surface area contributed by atoms with E-state index in [9.17, 15) is 19.1 Å². The number of nitrogens with zero attached hydrogens (tertiary/aromatic N) is 1. The van der Waals surface area contributed by atoms with Gasteiger partial charge < -0.3 is 29.0 Å². The van der Waals surface area contributed by atoms with Gasteiger partial charge in [-0.25, -0.2) is 14.0 Å². The number of ether oxygens (including phenoxy) is 4. The fraction of sp³-hybridized carbons (Fsp3) is 0.310. The molecule has 202 valence electrons. The molecule has 8 nitrogen and oxygen atoms in total. The summed E-state index contributed by atoms with van der Waals surface area (Å²) in [6.07, 6.45) is -0.832. The lowest BCUT2D eigenvalue weighted by Gasteiger charge is -2.22. The monoisotopic (exact) mass is 525 g/mol. The Bertz CT molecular complexity index is 1140. The number of hydrogen-bond acceptors (Lipinski definition) is 6. The third-order valence-electron chi connectivity index (χ3n) is 5.49. The average Bonchev–Trinajstić information content (AvgIpc) is 2.92. The van der Waals surface area contributed by atoms with Crippen LogP contribution in [0.3, 0.4) is 0 Å². The van der Waals surface area contributed by atoms with E-state index in [-0.39, 0.29) is 25.3 Å². The molecule has 0 saturated carbocycles. The number of amides is 1. The van der Waals surface area contributed by atoms with Gasteiger partial charge in [0.2, 0.25) is 0 Å². The maximum atomic E-state index is 14.0. The van der Waals surface area contributed by atoms with Crippen molar-refractivity contribution < 1.29 is 38.0 Å². The zero-order valence-corrected chi connectivity index (χ0v) is 21.3. The largest absolute Gasteiger partial charge is 0.494 e. The summed E-state index contributed by atoms with van der Waals surface area (Å²) in [7, 11) is 0. The summed E-state index contributed by atoms with van der Waals surface area (Å²) in [5.74, 6) is -0.489. The summed E-state index contributed by atoms with van der Waals surface area (Å²) >= 11 is 0. The molecule has 3 aromatic carbocycles. The highest BCUT2D eigenvalue weighted by atomic mass is 19.1. The molecule has 0 aromatic heterocycles. The predicted molar refractivity (Wildman–Crippen MR) is 139 cm³/mol. The van der Waals surface area contributed by atoms with E-state index in [1.165, 1.54) is 23.1 Å². The van der Waals surface area contributed by atoms with Crippen LogP contribution < -0.4 is 14.2 Å². The average molecular weight is 526 g/mol. The van der Waals surface area contributed by atoms with Gasteiger partial charge in [-0.05, 0) is 55.3 Å². The van der Waals surface area contributed by atoms with Gasteiger partial charge in [-0.15, -0.1) is 0 Å². The number of halogens is 1. The van der Waals surface area contributed by atoms with Gasteiger partial charge in [0, 0.05) is 19.6 Å². The topological polar surface area (TPSA) is 94.5 Å². The number of para-hydroxylation sites is 2. The molecular weight excluding hydrogens is 493 g/mol. The third kappa shape index (κ3) is 9.40. The minimum absolute atomic E-state index is 0.147. The molecule has 1 atom stereocenters. The van der Waals surface area contributed by atoms with E-state index in [0.29, 0.717) is 31.9 Å². The van der Waals surface area contributed by atoms with Gasteiger partial charge in [-0.1, -0.05) is 42.5 Å². The van der Waals surface area contributed by atoms with Gasteiger partial charge in [0.05, 0.1) is 13.2 Å². The van der Waals surface area contributed by atoms with Crippen molar-refractivity contribution in [3.63, 3.8) is 0 Å². The molecule has 3 aromatic rings. The molecule has 1 unspecified atom stereocenters. The van der Waals surface area contributed by atoms with Gasteiger partial charge >= 0.3 is 12.1 Å². The Labute approximate surface area is 221 Å². The van der Waals surface area contributed by atoms with Crippen LogP contribution in [0.25, 0.3) is 0 Å². The fourth-order valence-corrected chi connectivity index (χ4v) is 3.57. The van der Waals surface area contributed by atoms with Crippen molar-refractivity contribution in [1.82, 2.24) is 4.90 Å². The molecule has 0 bridgehead atoms. The van der Waals surface area contributed by atoms with E-state index in [0.717, 1.165) is 11.3 Å².